The molecule has 0 saturated carbocycles. The third-order valence-corrected chi connectivity index (χ3v) is 10.4. The van der Waals surface area contributed by atoms with E-state index in [1.807, 2.05) is 60.7 Å². The Morgan fingerprint density at radius 1 is 0.389 bits per heavy atom. The molecule has 0 unspecified atom stereocenters. The number of nitrogens with zero attached hydrogens (tertiary/aromatic N) is 4. The van der Waals surface area contributed by atoms with Crippen molar-refractivity contribution in [1.29, 1.82) is 0 Å². The van der Waals surface area contributed by atoms with Crippen molar-refractivity contribution in [3.05, 3.63) is 182 Å². The number of aromatic nitrogens is 4. The molecule has 0 aliphatic carbocycles. The van der Waals surface area contributed by atoms with Crippen LogP contribution in [0.15, 0.2) is 186 Å². The maximum atomic E-state index is 6.59. The lowest BCUT2D eigenvalue weighted by Gasteiger charge is -2.13. The molecule has 0 aliphatic rings. The van der Waals surface area contributed by atoms with Crippen LogP contribution in [-0.2, 0) is 0 Å². The Balaban J connectivity index is 1.21. The molecule has 8 aromatic carbocycles. The fourth-order valence-corrected chi connectivity index (χ4v) is 8.02. The highest BCUT2D eigenvalue weighted by Crippen LogP contribution is 2.43. The van der Waals surface area contributed by atoms with Gasteiger partial charge in [-0.15, -0.1) is 0 Å². The van der Waals surface area contributed by atoms with Crippen molar-refractivity contribution < 1.29 is 4.42 Å². The third-order valence-electron chi connectivity index (χ3n) is 10.4. The molecular weight excluding hydrogens is 661 g/mol. The second-order valence-corrected chi connectivity index (χ2v) is 13.6. The first-order valence-corrected chi connectivity index (χ1v) is 18.1. The van der Waals surface area contributed by atoms with Gasteiger partial charge in [-0.2, -0.15) is 0 Å². The highest BCUT2D eigenvalue weighted by molar-refractivity contribution is 6.17. The number of hydrogen-bond donors (Lipinski definition) is 0. The molecule has 0 saturated heterocycles. The van der Waals surface area contributed by atoms with Crippen LogP contribution in [0.2, 0.25) is 0 Å². The summed E-state index contributed by atoms with van der Waals surface area (Å²) in [6.07, 6.45) is 0. The minimum Gasteiger partial charge on any atom is -0.456 e. The Labute approximate surface area is 310 Å². The second-order valence-electron chi connectivity index (χ2n) is 13.6. The van der Waals surface area contributed by atoms with E-state index in [9.17, 15) is 0 Å². The second kappa shape index (κ2) is 12.1. The first-order chi connectivity index (χ1) is 26.8. The SMILES string of the molecule is c1ccc(-c2nc(-c3ccccc3)nc(-c3cccc4c5ccccc5n(-c5cccc6oc7ccc(-c8cccc9ccccc89)cc7c56)c34)n2)cc1. The smallest absolute Gasteiger partial charge is 0.166 e. The van der Waals surface area contributed by atoms with Crippen LogP contribution in [0.3, 0.4) is 0 Å². The molecule has 0 radical (unpaired) electrons. The fourth-order valence-electron chi connectivity index (χ4n) is 8.02. The maximum absolute atomic E-state index is 6.59. The quantitative estimate of drug-likeness (QED) is 0.180. The topological polar surface area (TPSA) is 56.7 Å². The monoisotopic (exact) mass is 690 g/mol. The molecule has 54 heavy (non-hydrogen) atoms. The van der Waals surface area contributed by atoms with E-state index in [0.717, 1.165) is 71.7 Å². The summed E-state index contributed by atoms with van der Waals surface area (Å²) >= 11 is 0. The standard InChI is InChI=1S/C49H30N4O/c1-3-15-32(16-4-1)47-50-48(33-17-5-2-6-18-33)52-49(51-47)39-24-12-23-38-37-21-9-10-25-41(37)53(46(38)39)42-26-13-27-44-45(42)40-30-34(28-29-43(40)54-44)36-22-11-19-31-14-7-8-20-35(31)36/h1-30H. The van der Waals surface area contributed by atoms with Crippen LogP contribution in [-0.4, -0.2) is 19.5 Å². The average molecular weight is 691 g/mol. The van der Waals surface area contributed by atoms with Crippen LogP contribution in [0.25, 0.3) is 105 Å². The van der Waals surface area contributed by atoms with Gasteiger partial charge in [-0.05, 0) is 58.3 Å². The Hall–Kier alpha value is -7.37. The molecule has 0 atom stereocenters. The molecule has 3 aromatic heterocycles. The van der Waals surface area contributed by atoms with Crippen molar-refractivity contribution in [2.75, 3.05) is 0 Å². The van der Waals surface area contributed by atoms with Crippen molar-refractivity contribution in [3.8, 4) is 51.0 Å². The summed E-state index contributed by atoms with van der Waals surface area (Å²) in [5.74, 6) is 1.87. The van der Waals surface area contributed by atoms with Gasteiger partial charge in [-0.25, -0.2) is 15.0 Å². The fraction of sp³-hybridized carbons (Fsp3) is 0. The lowest BCUT2D eigenvalue weighted by molar-refractivity contribution is 0.669. The highest BCUT2D eigenvalue weighted by atomic mass is 16.3. The van der Waals surface area contributed by atoms with Crippen molar-refractivity contribution >= 4 is 54.5 Å². The first kappa shape index (κ1) is 30.3. The number of rotatable bonds is 5. The van der Waals surface area contributed by atoms with Crippen LogP contribution < -0.4 is 0 Å². The van der Waals surface area contributed by atoms with E-state index >= 15 is 0 Å². The van der Waals surface area contributed by atoms with Gasteiger partial charge in [0.2, 0.25) is 0 Å². The Morgan fingerprint density at radius 2 is 1.00 bits per heavy atom. The number of para-hydroxylation sites is 2. The number of hydrogen-bond acceptors (Lipinski definition) is 4. The summed E-state index contributed by atoms with van der Waals surface area (Å²) in [5.41, 5.74) is 9.94. The normalized spacial score (nSPS) is 11.7. The van der Waals surface area contributed by atoms with Gasteiger partial charge in [0.15, 0.2) is 17.5 Å². The molecule has 252 valence electrons. The van der Waals surface area contributed by atoms with Gasteiger partial charge in [0, 0.05) is 32.8 Å². The van der Waals surface area contributed by atoms with E-state index in [0.29, 0.717) is 17.5 Å². The van der Waals surface area contributed by atoms with E-state index in [1.165, 1.54) is 16.3 Å². The summed E-state index contributed by atoms with van der Waals surface area (Å²) in [6, 6.07) is 63.2. The van der Waals surface area contributed by atoms with Gasteiger partial charge >= 0.3 is 0 Å². The minimum atomic E-state index is 0.611. The van der Waals surface area contributed by atoms with Crippen LogP contribution in [0, 0.1) is 0 Å². The summed E-state index contributed by atoms with van der Waals surface area (Å²) in [6.45, 7) is 0. The van der Waals surface area contributed by atoms with Crippen LogP contribution in [0.5, 0.6) is 0 Å². The minimum absolute atomic E-state index is 0.611. The average Bonchev–Trinajstić information content (AvgIpc) is 3.80. The molecular formula is C49H30N4O. The van der Waals surface area contributed by atoms with Crippen molar-refractivity contribution in [3.63, 3.8) is 0 Å². The molecule has 0 bridgehead atoms. The zero-order valence-corrected chi connectivity index (χ0v) is 29.0. The van der Waals surface area contributed by atoms with Gasteiger partial charge < -0.3 is 8.98 Å². The van der Waals surface area contributed by atoms with Gasteiger partial charge in [-0.1, -0.05) is 146 Å². The molecule has 0 N–H and O–H groups in total. The largest absolute Gasteiger partial charge is 0.456 e. The Morgan fingerprint density at radius 3 is 1.80 bits per heavy atom. The van der Waals surface area contributed by atoms with Crippen LogP contribution in [0.1, 0.15) is 0 Å². The summed E-state index contributed by atoms with van der Waals surface area (Å²) in [5, 5.41) is 6.82. The van der Waals surface area contributed by atoms with Crippen molar-refractivity contribution in [2.24, 2.45) is 0 Å². The number of furan rings is 1. The predicted molar refractivity (Wildman–Crippen MR) is 221 cm³/mol. The van der Waals surface area contributed by atoms with E-state index in [4.69, 9.17) is 19.4 Å². The van der Waals surface area contributed by atoms with Crippen LogP contribution in [0.4, 0.5) is 0 Å². The molecule has 5 nitrogen and oxygen atoms in total. The van der Waals surface area contributed by atoms with Gasteiger partial charge in [0.1, 0.15) is 11.2 Å². The highest BCUT2D eigenvalue weighted by Gasteiger charge is 2.22. The third kappa shape index (κ3) is 4.76. The molecule has 11 aromatic rings. The molecule has 3 heterocycles. The molecule has 0 spiro atoms. The van der Waals surface area contributed by atoms with Gasteiger partial charge in [0.25, 0.3) is 0 Å². The molecule has 0 fully saturated rings. The van der Waals surface area contributed by atoms with Crippen molar-refractivity contribution in [1.82, 2.24) is 19.5 Å². The van der Waals surface area contributed by atoms with Gasteiger partial charge in [0.05, 0.1) is 22.1 Å². The predicted octanol–water partition coefficient (Wildman–Crippen LogP) is 12.7. The molecule has 0 aliphatic heterocycles. The molecule has 11 rings (SSSR count). The lowest BCUT2D eigenvalue weighted by atomic mass is 9.97. The Kier molecular flexibility index (Phi) is 6.79. The maximum Gasteiger partial charge on any atom is 0.166 e. The lowest BCUT2D eigenvalue weighted by Crippen LogP contribution is -2.02. The zero-order valence-electron chi connectivity index (χ0n) is 29.0. The zero-order chi connectivity index (χ0) is 35.6. The number of benzene rings is 8. The van der Waals surface area contributed by atoms with Crippen LogP contribution >= 0.6 is 0 Å². The molecule has 0 amide bonds. The summed E-state index contributed by atoms with van der Waals surface area (Å²) in [4.78, 5) is 15.3. The first-order valence-electron chi connectivity index (χ1n) is 18.1. The van der Waals surface area contributed by atoms with E-state index in [2.05, 4.69) is 126 Å². The Bertz CT molecular complexity index is 3150. The number of fused-ring (bicyclic) bond motifs is 7. The summed E-state index contributed by atoms with van der Waals surface area (Å²) in [7, 11) is 0. The van der Waals surface area contributed by atoms with E-state index in [-0.39, 0.29) is 0 Å². The van der Waals surface area contributed by atoms with Gasteiger partial charge in [-0.3, -0.25) is 0 Å². The van der Waals surface area contributed by atoms with Crippen molar-refractivity contribution in [2.45, 2.75) is 0 Å². The van der Waals surface area contributed by atoms with E-state index < -0.39 is 0 Å². The molecule has 5 heteroatoms. The van der Waals surface area contributed by atoms with E-state index in [1.54, 1.807) is 0 Å². The summed E-state index contributed by atoms with van der Waals surface area (Å²) < 4.78 is 8.96.